The minimum absolute atomic E-state index is 0.0561. The Bertz CT molecular complexity index is 1030. The highest BCUT2D eigenvalue weighted by atomic mass is 16.4. The summed E-state index contributed by atoms with van der Waals surface area (Å²) in [4.78, 5) is 49.7. The summed E-state index contributed by atoms with van der Waals surface area (Å²) >= 11 is 0. The minimum atomic E-state index is -1.21. The molecule has 36 heavy (non-hydrogen) atoms. The van der Waals surface area contributed by atoms with Crippen molar-refractivity contribution in [1.82, 2.24) is 16.0 Å². The van der Waals surface area contributed by atoms with Crippen LogP contribution in [0.1, 0.15) is 31.4 Å². The van der Waals surface area contributed by atoms with E-state index in [4.69, 9.17) is 10.8 Å². The predicted octanol–water partition coefficient (Wildman–Crippen LogP) is 0.721. The molecule has 0 saturated heterocycles. The Hall–Kier alpha value is -3.92. The van der Waals surface area contributed by atoms with Crippen LogP contribution in [0.3, 0.4) is 0 Å². The molecule has 0 aliphatic heterocycles. The number of carboxylic acid groups (broad SMARTS) is 1. The monoisotopic (exact) mass is 498 g/mol. The Labute approximate surface area is 210 Å². The van der Waals surface area contributed by atoms with Crippen LogP contribution in [-0.2, 0) is 32.0 Å². The maximum atomic E-state index is 13.3. The molecule has 0 bridgehead atoms. The summed E-state index contributed by atoms with van der Waals surface area (Å²) in [6, 6.07) is 12.4. The van der Waals surface area contributed by atoms with Crippen LogP contribution in [-0.4, -0.2) is 58.6 Å². The van der Waals surface area contributed by atoms with Crippen molar-refractivity contribution in [2.75, 3.05) is 6.54 Å². The molecule has 10 heteroatoms. The van der Waals surface area contributed by atoms with Crippen molar-refractivity contribution in [1.29, 1.82) is 0 Å². The molecule has 2 aromatic carbocycles. The van der Waals surface area contributed by atoms with Crippen molar-refractivity contribution < 1.29 is 29.4 Å². The number of nitrogens with two attached hydrogens (primary N) is 1. The van der Waals surface area contributed by atoms with E-state index in [0.717, 1.165) is 5.56 Å². The molecule has 7 N–H and O–H groups in total. The molecule has 0 aliphatic rings. The summed E-state index contributed by atoms with van der Waals surface area (Å²) in [5.74, 6) is -3.22. The Morgan fingerprint density at radius 2 is 1.47 bits per heavy atom. The number of phenols is 1. The standard InChI is InChI=1S/C26H34N4O6/c1-3-16(2)23(26(36)28-15-22(32)33)30-25(35)21(14-18-9-11-19(31)12-10-18)29-24(34)20(27)13-17-7-5-4-6-8-17/h4-12,16,20-21,23,31H,3,13-15,27H2,1-2H3,(H,28,36)(H,29,34)(H,30,35)(H,32,33). The van der Waals surface area contributed by atoms with Gasteiger partial charge in [0.2, 0.25) is 17.7 Å². The molecular weight excluding hydrogens is 464 g/mol. The number of rotatable bonds is 13. The maximum Gasteiger partial charge on any atom is 0.322 e. The third-order valence-corrected chi connectivity index (χ3v) is 5.85. The van der Waals surface area contributed by atoms with Crippen molar-refractivity contribution >= 4 is 23.7 Å². The van der Waals surface area contributed by atoms with Crippen LogP contribution in [0.2, 0.25) is 0 Å². The summed E-state index contributed by atoms with van der Waals surface area (Å²) < 4.78 is 0. The highest BCUT2D eigenvalue weighted by Gasteiger charge is 2.31. The van der Waals surface area contributed by atoms with E-state index >= 15 is 0 Å². The van der Waals surface area contributed by atoms with Gasteiger partial charge in [0.05, 0.1) is 6.04 Å². The SMILES string of the molecule is CCC(C)C(NC(=O)C(Cc1ccc(O)cc1)NC(=O)C(N)Cc1ccccc1)C(=O)NCC(=O)O. The Morgan fingerprint density at radius 3 is 2.06 bits per heavy atom. The highest BCUT2D eigenvalue weighted by Crippen LogP contribution is 2.13. The Kier molecular flexibility index (Phi) is 10.9. The predicted molar refractivity (Wildman–Crippen MR) is 134 cm³/mol. The first-order valence-corrected chi connectivity index (χ1v) is 11.8. The maximum absolute atomic E-state index is 13.3. The quantitative estimate of drug-likeness (QED) is 0.236. The van der Waals surface area contributed by atoms with Gasteiger partial charge in [-0.05, 0) is 35.6 Å². The minimum Gasteiger partial charge on any atom is -0.508 e. The molecule has 3 amide bonds. The number of carbonyl (C=O) groups is 4. The highest BCUT2D eigenvalue weighted by molar-refractivity contribution is 5.94. The average molecular weight is 499 g/mol. The molecule has 0 spiro atoms. The van der Waals surface area contributed by atoms with Crippen LogP contribution >= 0.6 is 0 Å². The van der Waals surface area contributed by atoms with E-state index in [1.54, 1.807) is 19.1 Å². The first-order chi connectivity index (χ1) is 17.1. The van der Waals surface area contributed by atoms with E-state index in [2.05, 4.69) is 16.0 Å². The number of hydrogen-bond donors (Lipinski definition) is 6. The number of phenolic OH excluding ortho intramolecular Hbond substituents is 1. The van der Waals surface area contributed by atoms with Crippen LogP contribution < -0.4 is 21.7 Å². The summed E-state index contributed by atoms with van der Waals surface area (Å²) in [6.07, 6.45) is 0.898. The zero-order chi connectivity index (χ0) is 26.7. The van der Waals surface area contributed by atoms with Crippen molar-refractivity contribution in [3.63, 3.8) is 0 Å². The van der Waals surface area contributed by atoms with Gasteiger partial charge in [0, 0.05) is 6.42 Å². The number of amides is 3. The second kappa shape index (κ2) is 13.8. The van der Waals surface area contributed by atoms with Gasteiger partial charge >= 0.3 is 5.97 Å². The van der Waals surface area contributed by atoms with Gasteiger partial charge in [-0.25, -0.2) is 0 Å². The fourth-order valence-electron chi connectivity index (χ4n) is 3.54. The molecule has 0 heterocycles. The van der Waals surface area contributed by atoms with E-state index in [1.807, 2.05) is 37.3 Å². The molecule has 0 radical (unpaired) electrons. The lowest BCUT2D eigenvalue weighted by atomic mass is 9.97. The lowest BCUT2D eigenvalue weighted by Crippen LogP contribution is -2.58. The van der Waals surface area contributed by atoms with Crippen LogP contribution in [0.25, 0.3) is 0 Å². The smallest absolute Gasteiger partial charge is 0.322 e. The van der Waals surface area contributed by atoms with Gasteiger partial charge in [-0.15, -0.1) is 0 Å². The van der Waals surface area contributed by atoms with E-state index in [-0.39, 0.29) is 24.5 Å². The van der Waals surface area contributed by atoms with Gasteiger partial charge in [-0.3, -0.25) is 19.2 Å². The summed E-state index contributed by atoms with van der Waals surface area (Å²) in [7, 11) is 0. The van der Waals surface area contributed by atoms with Crippen molar-refractivity contribution in [3.05, 3.63) is 65.7 Å². The number of aliphatic carboxylic acids is 1. The topological polar surface area (TPSA) is 171 Å². The van der Waals surface area contributed by atoms with Crippen LogP contribution in [0.4, 0.5) is 0 Å². The lowest BCUT2D eigenvalue weighted by Gasteiger charge is -2.27. The molecule has 2 aromatic rings. The molecule has 0 saturated carbocycles. The van der Waals surface area contributed by atoms with Gasteiger partial charge in [-0.2, -0.15) is 0 Å². The fourth-order valence-corrected chi connectivity index (χ4v) is 3.54. The third kappa shape index (κ3) is 9.03. The van der Waals surface area contributed by atoms with E-state index in [9.17, 15) is 24.3 Å². The van der Waals surface area contributed by atoms with Gasteiger partial charge in [0.25, 0.3) is 0 Å². The van der Waals surface area contributed by atoms with Crippen molar-refractivity contribution in [2.45, 2.75) is 51.2 Å². The van der Waals surface area contributed by atoms with Crippen LogP contribution in [0.15, 0.2) is 54.6 Å². The zero-order valence-electron chi connectivity index (χ0n) is 20.4. The molecular formula is C26H34N4O6. The van der Waals surface area contributed by atoms with Crippen molar-refractivity contribution in [3.8, 4) is 5.75 Å². The summed E-state index contributed by atoms with van der Waals surface area (Å²) in [6.45, 7) is 3.02. The Morgan fingerprint density at radius 1 is 0.861 bits per heavy atom. The largest absolute Gasteiger partial charge is 0.508 e. The van der Waals surface area contributed by atoms with Crippen LogP contribution in [0.5, 0.6) is 5.75 Å². The van der Waals surface area contributed by atoms with Gasteiger partial charge in [0.1, 0.15) is 24.4 Å². The lowest BCUT2D eigenvalue weighted by molar-refractivity contribution is -0.139. The second-order valence-electron chi connectivity index (χ2n) is 8.71. The molecule has 0 aromatic heterocycles. The van der Waals surface area contributed by atoms with Gasteiger partial charge < -0.3 is 31.9 Å². The van der Waals surface area contributed by atoms with Gasteiger partial charge in [-0.1, -0.05) is 62.7 Å². The second-order valence-corrected chi connectivity index (χ2v) is 8.71. The molecule has 2 rings (SSSR count). The number of carbonyl (C=O) groups excluding carboxylic acids is 3. The molecule has 194 valence electrons. The van der Waals surface area contributed by atoms with Crippen LogP contribution in [0, 0.1) is 5.92 Å². The Balaban J connectivity index is 2.20. The first kappa shape index (κ1) is 28.3. The first-order valence-electron chi connectivity index (χ1n) is 11.8. The zero-order valence-corrected chi connectivity index (χ0v) is 20.4. The average Bonchev–Trinajstić information content (AvgIpc) is 2.86. The molecule has 0 aliphatic carbocycles. The van der Waals surface area contributed by atoms with E-state index < -0.39 is 48.4 Å². The fraction of sp³-hybridized carbons (Fsp3) is 0.385. The molecule has 4 unspecified atom stereocenters. The third-order valence-electron chi connectivity index (χ3n) is 5.85. The number of nitrogens with one attached hydrogen (secondary N) is 3. The molecule has 0 fully saturated rings. The van der Waals surface area contributed by atoms with E-state index in [0.29, 0.717) is 12.0 Å². The number of hydrogen-bond acceptors (Lipinski definition) is 6. The molecule has 4 atom stereocenters. The molecule has 10 nitrogen and oxygen atoms in total. The number of benzene rings is 2. The summed E-state index contributed by atoms with van der Waals surface area (Å²) in [5.41, 5.74) is 7.64. The number of aromatic hydroxyl groups is 1. The van der Waals surface area contributed by atoms with Crippen molar-refractivity contribution in [2.24, 2.45) is 11.7 Å². The van der Waals surface area contributed by atoms with Gasteiger partial charge in [0.15, 0.2) is 0 Å². The summed E-state index contributed by atoms with van der Waals surface area (Å²) in [5, 5.41) is 26.1. The normalized spacial score (nSPS) is 14.1. The van der Waals surface area contributed by atoms with E-state index in [1.165, 1.54) is 12.1 Å². The number of carboxylic acids is 1.